The summed E-state index contributed by atoms with van der Waals surface area (Å²) >= 11 is 1.33. The molecule has 0 radical (unpaired) electrons. The molecule has 1 N–H and O–H groups in total. The second-order valence-electron chi connectivity index (χ2n) is 9.12. The van der Waals surface area contributed by atoms with Gasteiger partial charge in [0, 0.05) is 28.1 Å². The molecule has 1 aliphatic heterocycles. The highest BCUT2D eigenvalue weighted by atomic mass is 32.2. The van der Waals surface area contributed by atoms with Gasteiger partial charge >= 0.3 is 0 Å². The number of carbonyl (C=O) groups excluding carboxylic acids is 3. The van der Waals surface area contributed by atoms with E-state index in [1.54, 1.807) is 67.8 Å². The monoisotopic (exact) mass is 549 g/mol. The van der Waals surface area contributed by atoms with Gasteiger partial charge in [-0.2, -0.15) is 0 Å². The van der Waals surface area contributed by atoms with E-state index in [1.165, 1.54) is 16.7 Å². The Hall–Kier alpha value is -4.89. The summed E-state index contributed by atoms with van der Waals surface area (Å²) in [4.78, 5) is 45.1. The zero-order valence-electron chi connectivity index (χ0n) is 21.4. The molecule has 9 heteroatoms. The Balaban J connectivity index is 1.10. The van der Waals surface area contributed by atoms with Gasteiger partial charge in [-0.05, 0) is 84.9 Å². The van der Waals surface area contributed by atoms with Gasteiger partial charge in [0.1, 0.15) is 11.3 Å². The number of carbonyl (C=O) groups is 3. The normalized spacial score (nSPS) is 15.0. The van der Waals surface area contributed by atoms with Crippen LogP contribution >= 0.6 is 11.8 Å². The summed E-state index contributed by atoms with van der Waals surface area (Å²) in [5, 5.41) is 2.32. The third-order valence-corrected chi connectivity index (χ3v) is 7.71. The van der Waals surface area contributed by atoms with Crippen molar-refractivity contribution in [2.75, 3.05) is 17.3 Å². The van der Waals surface area contributed by atoms with Crippen LogP contribution in [0.15, 0.2) is 106 Å². The lowest BCUT2D eigenvalue weighted by molar-refractivity contribution is -0.121. The topological polar surface area (TPSA) is 102 Å². The van der Waals surface area contributed by atoms with Gasteiger partial charge in [-0.3, -0.25) is 14.4 Å². The molecule has 6 rings (SSSR count). The summed E-state index contributed by atoms with van der Waals surface area (Å²) < 4.78 is 10.9. The van der Waals surface area contributed by atoms with E-state index in [1.807, 2.05) is 36.4 Å². The molecule has 1 aromatic heterocycles. The molecule has 0 saturated carbocycles. The lowest BCUT2D eigenvalue weighted by atomic mass is 10.2. The van der Waals surface area contributed by atoms with Gasteiger partial charge in [0.05, 0.1) is 18.0 Å². The minimum Gasteiger partial charge on any atom is -0.497 e. The second kappa shape index (κ2) is 10.7. The van der Waals surface area contributed by atoms with E-state index in [-0.39, 0.29) is 24.1 Å². The van der Waals surface area contributed by atoms with Crippen LogP contribution in [-0.4, -0.2) is 35.1 Å². The number of nitrogens with one attached hydrogen (secondary N) is 1. The number of imide groups is 1. The standard InChI is InChI=1S/C31H23N3O5S/c1-38-23-14-8-19(9-15-23)29(36)32-21-10-16-24(17-11-21)40-27-18-28(35)34(31(27)37)22-12-6-20(7-13-22)30-33-25-4-2-3-5-26(25)39-30/h2-17,27H,18H2,1H3,(H,32,36). The number of methoxy groups -OCH3 is 1. The number of oxazole rings is 1. The molecule has 1 aliphatic rings. The molecule has 0 bridgehead atoms. The van der Waals surface area contributed by atoms with Crippen LogP contribution in [-0.2, 0) is 9.59 Å². The number of ether oxygens (including phenoxy) is 1. The van der Waals surface area contributed by atoms with Crippen molar-refractivity contribution in [1.29, 1.82) is 0 Å². The lowest BCUT2D eigenvalue weighted by Gasteiger charge is -2.15. The van der Waals surface area contributed by atoms with Crippen LogP contribution in [0.2, 0.25) is 0 Å². The Labute approximate surface area is 234 Å². The van der Waals surface area contributed by atoms with Crippen molar-refractivity contribution in [3.63, 3.8) is 0 Å². The smallest absolute Gasteiger partial charge is 0.255 e. The number of nitrogens with zero attached hydrogens (tertiary/aromatic N) is 2. The highest BCUT2D eigenvalue weighted by Crippen LogP contribution is 2.35. The molecule has 1 saturated heterocycles. The Morgan fingerprint density at radius 2 is 1.68 bits per heavy atom. The Morgan fingerprint density at radius 3 is 2.38 bits per heavy atom. The largest absolute Gasteiger partial charge is 0.497 e. The predicted molar refractivity (Wildman–Crippen MR) is 154 cm³/mol. The van der Waals surface area contributed by atoms with Crippen molar-refractivity contribution in [2.24, 2.45) is 0 Å². The maximum Gasteiger partial charge on any atom is 0.255 e. The van der Waals surface area contributed by atoms with Crippen molar-refractivity contribution in [3.05, 3.63) is 103 Å². The number of hydrogen-bond donors (Lipinski definition) is 1. The van der Waals surface area contributed by atoms with Crippen LogP contribution in [0.3, 0.4) is 0 Å². The van der Waals surface area contributed by atoms with E-state index < -0.39 is 5.25 Å². The SMILES string of the molecule is COc1ccc(C(=O)Nc2ccc(SC3CC(=O)N(c4ccc(-c5nc6ccccc6o5)cc4)C3=O)cc2)cc1. The highest BCUT2D eigenvalue weighted by Gasteiger charge is 2.40. The summed E-state index contributed by atoms with van der Waals surface area (Å²) in [5.41, 5.74) is 3.85. The fourth-order valence-corrected chi connectivity index (χ4v) is 5.50. The summed E-state index contributed by atoms with van der Waals surface area (Å²) in [6.45, 7) is 0. The van der Waals surface area contributed by atoms with Crippen molar-refractivity contribution in [2.45, 2.75) is 16.6 Å². The van der Waals surface area contributed by atoms with E-state index in [9.17, 15) is 14.4 Å². The zero-order chi connectivity index (χ0) is 27.6. The summed E-state index contributed by atoms with van der Waals surface area (Å²) in [7, 11) is 1.57. The van der Waals surface area contributed by atoms with Crippen LogP contribution in [0.1, 0.15) is 16.8 Å². The molecule has 4 aromatic carbocycles. The number of amides is 3. The number of hydrogen-bond acceptors (Lipinski definition) is 7. The molecule has 5 aromatic rings. The number of thioether (sulfide) groups is 1. The summed E-state index contributed by atoms with van der Waals surface area (Å²) in [6, 6.07) is 28.6. The van der Waals surface area contributed by atoms with Crippen molar-refractivity contribution in [1.82, 2.24) is 4.98 Å². The van der Waals surface area contributed by atoms with Crippen LogP contribution in [0.4, 0.5) is 11.4 Å². The summed E-state index contributed by atoms with van der Waals surface area (Å²) in [5.74, 6) is 0.400. The molecule has 0 aliphatic carbocycles. The Kier molecular flexibility index (Phi) is 6.79. The van der Waals surface area contributed by atoms with Gasteiger partial charge in [0.2, 0.25) is 17.7 Å². The van der Waals surface area contributed by atoms with Gasteiger partial charge in [-0.15, -0.1) is 11.8 Å². The third kappa shape index (κ3) is 5.06. The molecule has 40 heavy (non-hydrogen) atoms. The predicted octanol–water partition coefficient (Wildman–Crippen LogP) is 6.18. The van der Waals surface area contributed by atoms with Crippen LogP contribution in [0, 0.1) is 0 Å². The maximum atomic E-state index is 13.2. The minimum absolute atomic E-state index is 0.104. The van der Waals surface area contributed by atoms with Gasteiger partial charge in [-0.1, -0.05) is 12.1 Å². The molecule has 1 unspecified atom stereocenters. The number of aromatic nitrogens is 1. The molecule has 2 heterocycles. The van der Waals surface area contributed by atoms with E-state index in [0.29, 0.717) is 34.2 Å². The Bertz CT molecular complexity index is 1680. The Morgan fingerprint density at radius 1 is 0.950 bits per heavy atom. The number of para-hydroxylation sites is 2. The fraction of sp³-hybridized carbons (Fsp3) is 0.0968. The fourth-order valence-electron chi connectivity index (χ4n) is 4.44. The molecular formula is C31H23N3O5S. The number of anilines is 2. The second-order valence-corrected chi connectivity index (χ2v) is 10.4. The van der Waals surface area contributed by atoms with Crippen molar-refractivity contribution >= 4 is 52.0 Å². The van der Waals surface area contributed by atoms with Crippen LogP contribution < -0.4 is 15.0 Å². The van der Waals surface area contributed by atoms with Crippen LogP contribution in [0.5, 0.6) is 5.75 Å². The molecule has 0 spiro atoms. The van der Waals surface area contributed by atoms with Gasteiger partial charge in [0.15, 0.2) is 5.58 Å². The highest BCUT2D eigenvalue weighted by molar-refractivity contribution is 8.00. The number of fused-ring (bicyclic) bond motifs is 1. The third-order valence-electron chi connectivity index (χ3n) is 6.51. The van der Waals surface area contributed by atoms with E-state index in [0.717, 1.165) is 16.0 Å². The first-order chi connectivity index (χ1) is 19.5. The van der Waals surface area contributed by atoms with E-state index in [2.05, 4.69) is 10.3 Å². The molecule has 1 atom stereocenters. The molecular weight excluding hydrogens is 526 g/mol. The zero-order valence-corrected chi connectivity index (χ0v) is 22.2. The molecule has 198 valence electrons. The first-order valence-corrected chi connectivity index (χ1v) is 13.4. The lowest BCUT2D eigenvalue weighted by Crippen LogP contribution is -2.31. The van der Waals surface area contributed by atoms with Crippen LogP contribution in [0.25, 0.3) is 22.6 Å². The average molecular weight is 550 g/mol. The average Bonchev–Trinajstić information content (AvgIpc) is 3.54. The first-order valence-electron chi connectivity index (χ1n) is 12.5. The molecule has 1 fully saturated rings. The van der Waals surface area contributed by atoms with Gasteiger partial charge in [-0.25, -0.2) is 9.88 Å². The van der Waals surface area contributed by atoms with E-state index >= 15 is 0 Å². The van der Waals surface area contributed by atoms with Crippen molar-refractivity contribution < 1.29 is 23.5 Å². The van der Waals surface area contributed by atoms with E-state index in [4.69, 9.17) is 9.15 Å². The van der Waals surface area contributed by atoms with Crippen molar-refractivity contribution in [3.8, 4) is 17.2 Å². The number of rotatable bonds is 7. The number of benzene rings is 4. The minimum atomic E-state index is -0.538. The molecule has 8 nitrogen and oxygen atoms in total. The quantitative estimate of drug-likeness (QED) is 0.242. The maximum absolute atomic E-state index is 13.2. The summed E-state index contributed by atoms with van der Waals surface area (Å²) in [6.07, 6.45) is 0.104. The molecule has 3 amide bonds. The first kappa shape index (κ1) is 25.4. The van der Waals surface area contributed by atoms with Gasteiger partial charge < -0.3 is 14.5 Å². The van der Waals surface area contributed by atoms with Gasteiger partial charge in [0.25, 0.3) is 5.91 Å².